The lowest BCUT2D eigenvalue weighted by atomic mass is 9.90. The lowest BCUT2D eigenvalue weighted by Crippen LogP contribution is -2.64. The Morgan fingerprint density at radius 1 is 1.00 bits per heavy atom. The Morgan fingerprint density at radius 3 is 2.11 bits per heavy atom. The number of hydrogen-bond donors (Lipinski definition) is 5. The van der Waals surface area contributed by atoms with E-state index >= 15 is 0 Å². The van der Waals surface area contributed by atoms with E-state index in [0.29, 0.717) is 0 Å². The van der Waals surface area contributed by atoms with Crippen molar-refractivity contribution in [2.75, 3.05) is 7.11 Å². The highest BCUT2D eigenvalue weighted by atomic mass is 32.2. The molecule has 0 bridgehead atoms. The van der Waals surface area contributed by atoms with Crippen LogP contribution in [0.25, 0.3) is 0 Å². The topological polar surface area (TPSA) is 199 Å². The molecular weight excluding hydrogens is 408 g/mol. The minimum atomic E-state index is -4.81. The summed E-state index contributed by atoms with van der Waals surface area (Å²) in [7, 11) is -3.67. The van der Waals surface area contributed by atoms with Gasteiger partial charge in [-0.2, -0.15) is 8.42 Å². The second-order valence-electron chi connectivity index (χ2n) is 6.67. The molecule has 10 atom stereocenters. The van der Waals surface area contributed by atoms with E-state index < -0.39 is 76.5 Å². The molecule has 0 radical (unpaired) electrons. The van der Waals surface area contributed by atoms with Gasteiger partial charge < -0.3 is 39.4 Å². The smallest absolute Gasteiger partial charge is 0.333 e. The SMILES string of the molecule is COC1OC(C)[C@H](O[C@@H]2OC(C(=O)O)[C@@H](C)[C@@H](O)[C@@H]2O)[C@H](S(=O)(=O)OO)[C@@H]1O. The van der Waals surface area contributed by atoms with Crippen LogP contribution in [0, 0.1) is 5.92 Å². The van der Waals surface area contributed by atoms with E-state index in [2.05, 4.69) is 4.33 Å². The normalized spacial score (nSPS) is 45.0. The second-order valence-corrected chi connectivity index (χ2v) is 8.35. The highest BCUT2D eigenvalue weighted by Crippen LogP contribution is 2.33. The number of carboxylic acids is 1. The second kappa shape index (κ2) is 8.83. The molecule has 28 heavy (non-hydrogen) atoms. The van der Waals surface area contributed by atoms with Crippen molar-refractivity contribution >= 4 is 16.1 Å². The molecule has 2 aliphatic rings. The fraction of sp³-hybridized carbons (Fsp3) is 0.929. The summed E-state index contributed by atoms with van der Waals surface area (Å²) in [5.41, 5.74) is 0. The average molecular weight is 432 g/mol. The van der Waals surface area contributed by atoms with Gasteiger partial charge in [0.25, 0.3) is 0 Å². The Kier molecular flexibility index (Phi) is 7.36. The van der Waals surface area contributed by atoms with Crippen molar-refractivity contribution in [1.29, 1.82) is 0 Å². The zero-order chi connectivity index (χ0) is 21.4. The molecule has 2 rings (SSSR count). The van der Waals surface area contributed by atoms with Gasteiger partial charge in [-0.15, -0.1) is 4.33 Å². The van der Waals surface area contributed by atoms with Crippen LogP contribution in [0.5, 0.6) is 0 Å². The Bertz CT molecular complexity index is 654. The zero-order valence-electron chi connectivity index (χ0n) is 15.2. The summed E-state index contributed by atoms with van der Waals surface area (Å²) in [6.07, 6.45) is -12.6. The van der Waals surface area contributed by atoms with Crippen LogP contribution in [-0.4, -0.2) is 102 Å². The molecule has 14 heteroatoms. The molecule has 2 heterocycles. The predicted molar refractivity (Wildman–Crippen MR) is 86.1 cm³/mol. The molecule has 2 fully saturated rings. The quantitative estimate of drug-likeness (QED) is 0.218. The zero-order valence-corrected chi connectivity index (χ0v) is 16.0. The first-order chi connectivity index (χ1) is 13.0. The van der Waals surface area contributed by atoms with Crippen LogP contribution >= 0.6 is 0 Å². The van der Waals surface area contributed by atoms with Gasteiger partial charge in [0.2, 0.25) is 0 Å². The number of ether oxygens (including phenoxy) is 4. The Labute approximate surface area is 160 Å². The summed E-state index contributed by atoms with van der Waals surface area (Å²) < 4.78 is 48.5. The van der Waals surface area contributed by atoms with E-state index in [1.54, 1.807) is 0 Å². The molecule has 0 saturated carbocycles. The largest absolute Gasteiger partial charge is 0.479 e. The molecule has 2 aliphatic heterocycles. The molecule has 5 N–H and O–H groups in total. The van der Waals surface area contributed by atoms with Gasteiger partial charge in [0.15, 0.2) is 18.7 Å². The molecule has 3 unspecified atom stereocenters. The minimum absolute atomic E-state index is 0.990. The van der Waals surface area contributed by atoms with Crippen LogP contribution in [-0.2, 0) is 38.2 Å². The average Bonchev–Trinajstić information content (AvgIpc) is 2.63. The van der Waals surface area contributed by atoms with Crippen LogP contribution in [0.1, 0.15) is 13.8 Å². The molecule has 164 valence electrons. The molecule has 0 aromatic heterocycles. The Hall–Kier alpha value is -0.940. The fourth-order valence-corrected chi connectivity index (χ4v) is 4.49. The van der Waals surface area contributed by atoms with E-state index in [1.165, 1.54) is 13.8 Å². The molecular formula is C14H24O13S. The number of aliphatic hydroxyl groups is 3. The van der Waals surface area contributed by atoms with Crippen molar-refractivity contribution in [1.82, 2.24) is 0 Å². The van der Waals surface area contributed by atoms with Crippen LogP contribution in [0.2, 0.25) is 0 Å². The third-order valence-corrected chi connectivity index (χ3v) is 6.30. The standard InChI is InChI=1S/C14H24O13S/c1-4-6(15)7(16)14(25-9(4)12(18)19)26-10-5(2)24-13(23-3)8(17)11(10)28(21,22)27-20/h4-11,13-17,20H,1-3H3,(H,18,19)/t4-,5?,6+,7-,8-,9?,10-,11+,13?,14-/m0/s1. The number of carboxylic acid groups (broad SMARTS) is 1. The summed E-state index contributed by atoms with van der Waals surface area (Å²) in [5.74, 6) is -2.42. The maximum atomic E-state index is 12.1. The molecule has 2 saturated heterocycles. The van der Waals surface area contributed by atoms with Crippen molar-refractivity contribution in [2.45, 2.75) is 68.3 Å². The lowest BCUT2D eigenvalue weighted by molar-refractivity contribution is -0.325. The van der Waals surface area contributed by atoms with Crippen molar-refractivity contribution in [3.8, 4) is 0 Å². The molecule has 0 amide bonds. The first kappa shape index (κ1) is 23.3. The van der Waals surface area contributed by atoms with Gasteiger partial charge in [0.05, 0.1) is 12.2 Å². The van der Waals surface area contributed by atoms with Gasteiger partial charge in [-0.1, -0.05) is 6.92 Å². The van der Waals surface area contributed by atoms with E-state index in [1.807, 2.05) is 0 Å². The lowest BCUT2D eigenvalue weighted by Gasteiger charge is -2.45. The van der Waals surface area contributed by atoms with Gasteiger partial charge >= 0.3 is 16.1 Å². The first-order valence-electron chi connectivity index (χ1n) is 8.29. The predicted octanol–water partition coefficient (Wildman–Crippen LogP) is -2.52. The summed E-state index contributed by atoms with van der Waals surface area (Å²) in [6.45, 7) is 2.69. The number of hydrogen-bond acceptors (Lipinski definition) is 12. The molecule has 0 spiro atoms. The fourth-order valence-electron chi connectivity index (χ4n) is 3.30. The summed E-state index contributed by atoms with van der Waals surface area (Å²) in [4.78, 5) is 11.3. The third kappa shape index (κ3) is 4.30. The summed E-state index contributed by atoms with van der Waals surface area (Å²) >= 11 is 0. The van der Waals surface area contributed by atoms with E-state index in [4.69, 9.17) is 24.2 Å². The van der Waals surface area contributed by atoms with Gasteiger partial charge in [-0.05, 0) is 6.92 Å². The molecule has 0 aromatic rings. The number of carbonyl (C=O) groups is 1. The van der Waals surface area contributed by atoms with E-state index in [0.717, 1.165) is 7.11 Å². The summed E-state index contributed by atoms with van der Waals surface area (Å²) in [5, 5.41) is 46.5. The monoisotopic (exact) mass is 432 g/mol. The number of rotatable bonds is 6. The van der Waals surface area contributed by atoms with Gasteiger partial charge in [-0.3, -0.25) is 0 Å². The van der Waals surface area contributed by atoms with Crippen LogP contribution in [0.3, 0.4) is 0 Å². The van der Waals surface area contributed by atoms with Gasteiger partial charge in [0, 0.05) is 13.0 Å². The van der Waals surface area contributed by atoms with Gasteiger partial charge in [0.1, 0.15) is 23.6 Å². The Balaban J connectivity index is 2.33. The van der Waals surface area contributed by atoms with Crippen molar-refractivity contribution in [3.63, 3.8) is 0 Å². The molecule has 13 nitrogen and oxygen atoms in total. The van der Waals surface area contributed by atoms with Crippen LogP contribution in [0.15, 0.2) is 0 Å². The maximum Gasteiger partial charge on any atom is 0.333 e. The third-order valence-electron chi connectivity index (χ3n) is 4.88. The van der Waals surface area contributed by atoms with E-state index in [9.17, 15) is 33.6 Å². The van der Waals surface area contributed by atoms with Crippen molar-refractivity contribution in [2.24, 2.45) is 5.92 Å². The number of aliphatic hydroxyl groups excluding tert-OH is 3. The van der Waals surface area contributed by atoms with Crippen molar-refractivity contribution in [3.05, 3.63) is 0 Å². The highest BCUT2D eigenvalue weighted by molar-refractivity contribution is 7.87. The molecule has 0 aliphatic carbocycles. The van der Waals surface area contributed by atoms with Crippen molar-refractivity contribution < 1.29 is 62.2 Å². The van der Waals surface area contributed by atoms with Crippen LogP contribution < -0.4 is 0 Å². The minimum Gasteiger partial charge on any atom is -0.479 e. The summed E-state index contributed by atoms with van der Waals surface area (Å²) in [6, 6.07) is 0. The van der Waals surface area contributed by atoms with E-state index in [-0.39, 0.29) is 0 Å². The number of methoxy groups -OCH3 is 1. The highest BCUT2D eigenvalue weighted by Gasteiger charge is 2.55. The Morgan fingerprint density at radius 2 is 1.61 bits per heavy atom. The van der Waals surface area contributed by atoms with Gasteiger partial charge in [-0.25, -0.2) is 10.1 Å². The first-order valence-corrected chi connectivity index (χ1v) is 9.76. The molecule has 0 aromatic carbocycles. The van der Waals surface area contributed by atoms with Crippen LogP contribution in [0.4, 0.5) is 0 Å². The maximum absolute atomic E-state index is 12.1. The number of aliphatic carboxylic acids is 1.